The molecule has 24 heavy (non-hydrogen) atoms. The number of carbonyl (C=O) groups excluding carboxylic acids is 1. The third-order valence-electron chi connectivity index (χ3n) is 5.26. The second-order valence-corrected chi connectivity index (χ2v) is 7.13. The van der Waals surface area contributed by atoms with Crippen LogP contribution < -0.4 is 11.1 Å². The third kappa shape index (κ3) is 5.20. The number of nitrogens with two attached hydrogens (primary N) is 1. The highest BCUT2D eigenvalue weighted by atomic mass is 35.5. The maximum Gasteiger partial charge on any atom is 0.234 e. The number of hydrogen-bond acceptors (Lipinski definition) is 3. The zero-order valence-corrected chi connectivity index (χ0v) is 15.1. The Kier molecular flexibility index (Phi) is 7.53. The Labute approximate surface area is 151 Å². The number of halogens is 1. The second-order valence-electron chi connectivity index (χ2n) is 7.13. The average Bonchev–Trinajstić information content (AvgIpc) is 2.74. The lowest BCUT2D eigenvalue weighted by atomic mass is 9.95. The molecule has 5 heteroatoms. The summed E-state index contributed by atoms with van der Waals surface area (Å²) in [6.45, 7) is 2.16. The van der Waals surface area contributed by atoms with Crippen LogP contribution in [0.15, 0.2) is 30.3 Å². The van der Waals surface area contributed by atoms with Gasteiger partial charge in [0, 0.05) is 31.1 Å². The summed E-state index contributed by atoms with van der Waals surface area (Å²) in [5, 5.41) is 3.23. The molecule has 1 saturated carbocycles. The van der Waals surface area contributed by atoms with Crippen LogP contribution in [-0.4, -0.2) is 42.5 Å². The van der Waals surface area contributed by atoms with E-state index in [2.05, 4.69) is 34.5 Å². The first-order valence-corrected chi connectivity index (χ1v) is 9.04. The van der Waals surface area contributed by atoms with E-state index in [0.717, 1.165) is 25.9 Å². The Morgan fingerprint density at radius 2 is 1.75 bits per heavy atom. The van der Waals surface area contributed by atoms with Gasteiger partial charge in [-0.25, -0.2) is 0 Å². The molecule has 2 aliphatic rings. The maximum absolute atomic E-state index is 12.3. The Balaban J connectivity index is 0.00000208. The van der Waals surface area contributed by atoms with Gasteiger partial charge in [0.15, 0.2) is 0 Å². The first kappa shape index (κ1) is 19.2. The quantitative estimate of drug-likeness (QED) is 0.820. The number of nitrogens with one attached hydrogen (secondary N) is 1. The zero-order chi connectivity index (χ0) is 16.1. The SMILES string of the molecule is Cl.N[C@@H]1CN(CC(=O)NC2CCCCCC2)C[C@H]1c1ccccc1. The Hall–Kier alpha value is -1.10. The van der Waals surface area contributed by atoms with Gasteiger partial charge < -0.3 is 11.1 Å². The van der Waals surface area contributed by atoms with E-state index in [1.807, 2.05) is 6.07 Å². The van der Waals surface area contributed by atoms with Crippen molar-refractivity contribution in [3.63, 3.8) is 0 Å². The third-order valence-corrected chi connectivity index (χ3v) is 5.26. The van der Waals surface area contributed by atoms with Crippen LogP contribution in [0.25, 0.3) is 0 Å². The molecule has 0 unspecified atom stereocenters. The molecule has 1 aliphatic carbocycles. The van der Waals surface area contributed by atoms with Gasteiger partial charge in [0.1, 0.15) is 0 Å². The number of amides is 1. The van der Waals surface area contributed by atoms with Crippen LogP contribution in [0.5, 0.6) is 0 Å². The predicted molar refractivity (Wildman–Crippen MR) is 100 cm³/mol. The molecule has 1 amide bonds. The van der Waals surface area contributed by atoms with Gasteiger partial charge >= 0.3 is 0 Å². The largest absolute Gasteiger partial charge is 0.352 e. The second kappa shape index (κ2) is 9.40. The lowest BCUT2D eigenvalue weighted by molar-refractivity contribution is -0.122. The Morgan fingerprint density at radius 3 is 2.42 bits per heavy atom. The van der Waals surface area contributed by atoms with Gasteiger partial charge in [0.2, 0.25) is 5.91 Å². The standard InChI is InChI=1S/C19H29N3O.ClH/c20-18-13-22(12-17(18)15-8-4-3-5-9-15)14-19(23)21-16-10-6-1-2-7-11-16;/h3-5,8-9,16-18H,1-2,6-7,10-14,20H2,(H,21,23);1H/t17-,18+;/m0./s1. The fraction of sp³-hybridized carbons (Fsp3) is 0.632. The fourth-order valence-corrected chi connectivity index (χ4v) is 4.00. The summed E-state index contributed by atoms with van der Waals surface area (Å²) < 4.78 is 0. The highest BCUT2D eigenvalue weighted by Gasteiger charge is 2.32. The molecule has 3 N–H and O–H groups in total. The highest BCUT2D eigenvalue weighted by molar-refractivity contribution is 5.85. The zero-order valence-electron chi connectivity index (χ0n) is 14.3. The lowest BCUT2D eigenvalue weighted by Crippen LogP contribution is -2.41. The van der Waals surface area contributed by atoms with Crippen LogP contribution in [0.1, 0.15) is 50.0 Å². The molecule has 134 valence electrons. The minimum absolute atomic E-state index is 0. The van der Waals surface area contributed by atoms with Crippen molar-refractivity contribution >= 4 is 18.3 Å². The summed E-state index contributed by atoms with van der Waals surface area (Å²) >= 11 is 0. The molecule has 0 spiro atoms. The monoisotopic (exact) mass is 351 g/mol. The van der Waals surface area contributed by atoms with Crippen molar-refractivity contribution < 1.29 is 4.79 Å². The van der Waals surface area contributed by atoms with E-state index < -0.39 is 0 Å². The van der Waals surface area contributed by atoms with Crippen molar-refractivity contribution in [3.05, 3.63) is 35.9 Å². The van der Waals surface area contributed by atoms with E-state index in [0.29, 0.717) is 18.5 Å². The topological polar surface area (TPSA) is 58.4 Å². The smallest absolute Gasteiger partial charge is 0.234 e. The summed E-state index contributed by atoms with van der Waals surface area (Å²) in [6.07, 6.45) is 7.39. The van der Waals surface area contributed by atoms with Crippen LogP contribution in [0.3, 0.4) is 0 Å². The maximum atomic E-state index is 12.3. The summed E-state index contributed by atoms with van der Waals surface area (Å²) in [5.74, 6) is 0.500. The van der Waals surface area contributed by atoms with Gasteiger partial charge in [0.25, 0.3) is 0 Å². The van der Waals surface area contributed by atoms with E-state index in [9.17, 15) is 4.79 Å². The minimum atomic E-state index is 0. The van der Waals surface area contributed by atoms with E-state index in [1.165, 1.54) is 31.2 Å². The first-order valence-electron chi connectivity index (χ1n) is 9.04. The van der Waals surface area contributed by atoms with Gasteiger partial charge in [-0.1, -0.05) is 56.0 Å². The fourth-order valence-electron chi connectivity index (χ4n) is 4.00. The molecule has 0 aromatic heterocycles. The number of hydrogen-bond donors (Lipinski definition) is 2. The van der Waals surface area contributed by atoms with Gasteiger partial charge in [0.05, 0.1) is 6.54 Å². The lowest BCUT2D eigenvalue weighted by Gasteiger charge is -2.20. The number of benzene rings is 1. The first-order chi connectivity index (χ1) is 11.2. The van der Waals surface area contributed by atoms with E-state index in [1.54, 1.807) is 0 Å². The molecule has 1 saturated heterocycles. The van der Waals surface area contributed by atoms with Crippen molar-refractivity contribution in [1.82, 2.24) is 10.2 Å². The van der Waals surface area contributed by atoms with Crippen LogP contribution >= 0.6 is 12.4 Å². The molecule has 0 bridgehead atoms. The number of nitrogens with zero attached hydrogens (tertiary/aromatic N) is 1. The summed E-state index contributed by atoms with van der Waals surface area (Å²) in [5.41, 5.74) is 7.59. The van der Waals surface area contributed by atoms with Crippen molar-refractivity contribution in [1.29, 1.82) is 0 Å². The van der Waals surface area contributed by atoms with Crippen LogP contribution in [0, 0.1) is 0 Å². The molecule has 1 heterocycles. The van der Waals surface area contributed by atoms with Crippen LogP contribution in [0.4, 0.5) is 0 Å². The highest BCUT2D eigenvalue weighted by Crippen LogP contribution is 2.26. The van der Waals surface area contributed by atoms with E-state index >= 15 is 0 Å². The van der Waals surface area contributed by atoms with Gasteiger partial charge in [-0.2, -0.15) is 0 Å². The molecule has 2 fully saturated rings. The molecular weight excluding hydrogens is 322 g/mol. The number of rotatable bonds is 4. The molecule has 1 aromatic rings. The van der Waals surface area contributed by atoms with E-state index in [4.69, 9.17) is 5.73 Å². The molecule has 4 nitrogen and oxygen atoms in total. The summed E-state index contributed by atoms with van der Waals surface area (Å²) in [4.78, 5) is 14.5. The predicted octanol–water partition coefficient (Wildman–Crippen LogP) is 2.67. The van der Waals surface area contributed by atoms with Gasteiger partial charge in [-0.15, -0.1) is 12.4 Å². The van der Waals surface area contributed by atoms with Crippen molar-refractivity contribution in [3.8, 4) is 0 Å². The number of likely N-dealkylation sites (tertiary alicyclic amines) is 1. The molecule has 2 atom stereocenters. The number of carbonyl (C=O) groups is 1. The van der Waals surface area contributed by atoms with Crippen molar-refractivity contribution in [2.45, 2.75) is 56.5 Å². The Morgan fingerprint density at radius 1 is 1.08 bits per heavy atom. The van der Waals surface area contributed by atoms with Crippen molar-refractivity contribution in [2.24, 2.45) is 5.73 Å². The summed E-state index contributed by atoms with van der Waals surface area (Å²) in [7, 11) is 0. The molecule has 1 aromatic carbocycles. The Bertz CT molecular complexity index is 503. The normalized spacial score (nSPS) is 25.7. The average molecular weight is 352 g/mol. The van der Waals surface area contributed by atoms with Gasteiger partial charge in [-0.3, -0.25) is 9.69 Å². The molecule has 3 rings (SSSR count). The van der Waals surface area contributed by atoms with Crippen LogP contribution in [0.2, 0.25) is 0 Å². The van der Waals surface area contributed by atoms with Crippen LogP contribution in [-0.2, 0) is 4.79 Å². The van der Waals surface area contributed by atoms with E-state index in [-0.39, 0.29) is 24.4 Å². The molecular formula is C19H30ClN3O. The molecule has 1 aliphatic heterocycles. The van der Waals surface area contributed by atoms with Crippen molar-refractivity contribution in [2.75, 3.05) is 19.6 Å². The minimum Gasteiger partial charge on any atom is -0.352 e. The summed E-state index contributed by atoms with van der Waals surface area (Å²) in [6, 6.07) is 10.9. The van der Waals surface area contributed by atoms with Gasteiger partial charge in [-0.05, 0) is 18.4 Å². The molecule has 0 radical (unpaired) electrons.